The fourth-order valence-electron chi connectivity index (χ4n) is 2.86. The molecule has 4 nitrogen and oxygen atoms in total. The van der Waals surface area contributed by atoms with Crippen LogP contribution in [0.2, 0.25) is 0 Å². The summed E-state index contributed by atoms with van der Waals surface area (Å²) in [5.74, 6) is -0.338. The molecule has 0 unspecified atom stereocenters. The highest BCUT2D eigenvalue weighted by Gasteiger charge is 2.40. The van der Waals surface area contributed by atoms with Gasteiger partial charge in [-0.1, -0.05) is 19.1 Å². The minimum Gasteiger partial charge on any atom is -0.349 e. The zero-order valence-corrected chi connectivity index (χ0v) is 13.2. The van der Waals surface area contributed by atoms with Crippen LogP contribution in [-0.2, 0) is 15.9 Å². The van der Waals surface area contributed by atoms with Gasteiger partial charge in [0.05, 0.1) is 13.2 Å². The number of thiocarbonyl (C=S) groups is 1. The van der Waals surface area contributed by atoms with Crippen molar-refractivity contribution < 1.29 is 9.47 Å². The molecule has 0 amide bonds. The fraction of sp³-hybridized carbons (Fsp3) is 0.562. The summed E-state index contributed by atoms with van der Waals surface area (Å²) in [6.07, 6.45) is 2.81. The molecule has 1 aromatic carbocycles. The number of piperidine rings is 1. The van der Waals surface area contributed by atoms with Crippen molar-refractivity contribution in [2.24, 2.45) is 0 Å². The summed E-state index contributed by atoms with van der Waals surface area (Å²) in [6, 6.07) is 8.44. The van der Waals surface area contributed by atoms with Crippen molar-refractivity contribution in [3.05, 3.63) is 29.8 Å². The van der Waals surface area contributed by atoms with E-state index in [1.165, 1.54) is 5.56 Å². The first-order chi connectivity index (χ1) is 10.2. The number of likely N-dealkylation sites (tertiary alicyclic amines) is 1. The molecule has 0 radical (unpaired) electrons. The Labute approximate surface area is 131 Å². The third-order valence-electron chi connectivity index (χ3n) is 4.24. The van der Waals surface area contributed by atoms with Gasteiger partial charge in [-0.05, 0) is 36.3 Å². The van der Waals surface area contributed by atoms with Gasteiger partial charge < -0.3 is 19.7 Å². The lowest BCUT2D eigenvalue weighted by atomic mass is 10.0. The second-order valence-corrected chi connectivity index (χ2v) is 5.96. The van der Waals surface area contributed by atoms with Gasteiger partial charge in [0.2, 0.25) is 0 Å². The molecule has 2 aliphatic heterocycles. The molecule has 3 rings (SSSR count). The van der Waals surface area contributed by atoms with E-state index in [2.05, 4.69) is 41.4 Å². The Kier molecular flexibility index (Phi) is 4.42. The molecule has 0 aliphatic carbocycles. The number of rotatable bonds is 2. The van der Waals surface area contributed by atoms with Crippen LogP contribution in [0.5, 0.6) is 0 Å². The third kappa shape index (κ3) is 3.36. The monoisotopic (exact) mass is 306 g/mol. The van der Waals surface area contributed by atoms with Crippen LogP contribution in [0.3, 0.4) is 0 Å². The number of benzene rings is 1. The van der Waals surface area contributed by atoms with Gasteiger partial charge in [0.25, 0.3) is 0 Å². The van der Waals surface area contributed by atoms with E-state index < -0.39 is 0 Å². The van der Waals surface area contributed by atoms with Crippen LogP contribution in [0.1, 0.15) is 25.3 Å². The van der Waals surface area contributed by atoms with Crippen molar-refractivity contribution in [1.29, 1.82) is 0 Å². The molecule has 114 valence electrons. The molecule has 0 atom stereocenters. The molecule has 1 N–H and O–H groups in total. The maximum Gasteiger partial charge on any atom is 0.173 e. The number of nitrogens with one attached hydrogen (secondary N) is 1. The van der Waals surface area contributed by atoms with E-state index in [0.29, 0.717) is 13.2 Å². The van der Waals surface area contributed by atoms with Gasteiger partial charge in [-0.25, -0.2) is 0 Å². The highest BCUT2D eigenvalue weighted by atomic mass is 32.1. The van der Waals surface area contributed by atoms with E-state index in [-0.39, 0.29) is 5.79 Å². The topological polar surface area (TPSA) is 33.7 Å². The quantitative estimate of drug-likeness (QED) is 0.850. The number of anilines is 1. The van der Waals surface area contributed by atoms with E-state index in [1.807, 2.05) is 0 Å². The Morgan fingerprint density at radius 3 is 2.38 bits per heavy atom. The van der Waals surface area contributed by atoms with Gasteiger partial charge in [0.1, 0.15) is 0 Å². The van der Waals surface area contributed by atoms with Crippen molar-refractivity contribution >= 4 is 23.0 Å². The second-order valence-electron chi connectivity index (χ2n) is 5.58. The molecule has 0 bridgehead atoms. The van der Waals surface area contributed by atoms with Crippen LogP contribution >= 0.6 is 12.2 Å². The summed E-state index contributed by atoms with van der Waals surface area (Å²) < 4.78 is 11.5. The molecular formula is C16H22N2O2S. The summed E-state index contributed by atoms with van der Waals surface area (Å²) in [5, 5.41) is 4.10. The number of ether oxygens (including phenoxy) is 2. The van der Waals surface area contributed by atoms with Gasteiger partial charge in [0, 0.05) is 31.6 Å². The Morgan fingerprint density at radius 1 is 1.19 bits per heavy atom. The predicted molar refractivity (Wildman–Crippen MR) is 87.5 cm³/mol. The van der Waals surface area contributed by atoms with E-state index in [4.69, 9.17) is 21.7 Å². The first-order valence-corrected chi connectivity index (χ1v) is 8.04. The van der Waals surface area contributed by atoms with Gasteiger partial charge in [0.15, 0.2) is 10.9 Å². The number of hydrogen-bond acceptors (Lipinski definition) is 3. The van der Waals surface area contributed by atoms with Crippen LogP contribution in [-0.4, -0.2) is 42.1 Å². The largest absolute Gasteiger partial charge is 0.349 e. The van der Waals surface area contributed by atoms with Crippen molar-refractivity contribution in [2.75, 3.05) is 31.6 Å². The molecule has 0 aromatic heterocycles. The molecule has 2 fully saturated rings. The number of hydrogen-bond donors (Lipinski definition) is 1. The molecule has 1 spiro atoms. The molecule has 21 heavy (non-hydrogen) atoms. The van der Waals surface area contributed by atoms with Crippen LogP contribution in [0.15, 0.2) is 24.3 Å². The van der Waals surface area contributed by atoms with E-state index >= 15 is 0 Å². The first-order valence-electron chi connectivity index (χ1n) is 7.63. The lowest BCUT2D eigenvalue weighted by molar-refractivity contribution is -0.180. The molecule has 2 heterocycles. The maximum absolute atomic E-state index is 5.74. The summed E-state index contributed by atoms with van der Waals surface area (Å²) in [4.78, 5) is 2.19. The van der Waals surface area contributed by atoms with Crippen molar-refractivity contribution in [1.82, 2.24) is 4.90 Å². The molecular weight excluding hydrogens is 284 g/mol. The molecule has 5 heteroatoms. The van der Waals surface area contributed by atoms with Gasteiger partial charge in [-0.3, -0.25) is 0 Å². The van der Waals surface area contributed by atoms with Gasteiger partial charge >= 0.3 is 0 Å². The molecule has 1 aromatic rings. The minimum absolute atomic E-state index is 0.338. The van der Waals surface area contributed by atoms with Crippen LogP contribution in [0, 0.1) is 0 Å². The highest BCUT2D eigenvalue weighted by Crippen LogP contribution is 2.31. The summed E-state index contributed by atoms with van der Waals surface area (Å²) in [6.45, 7) is 5.33. The lowest BCUT2D eigenvalue weighted by Crippen LogP contribution is -2.48. The Balaban J connectivity index is 1.54. The molecule has 2 saturated heterocycles. The van der Waals surface area contributed by atoms with Crippen LogP contribution < -0.4 is 5.32 Å². The third-order valence-corrected chi connectivity index (χ3v) is 4.60. The van der Waals surface area contributed by atoms with E-state index in [0.717, 1.165) is 43.2 Å². The summed E-state index contributed by atoms with van der Waals surface area (Å²) >= 11 is 5.51. The maximum atomic E-state index is 5.74. The van der Waals surface area contributed by atoms with Crippen LogP contribution in [0.25, 0.3) is 0 Å². The first kappa shape index (κ1) is 14.8. The summed E-state index contributed by atoms with van der Waals surface area (Å²) in [5.41, 5.74) is 2.38. The van der Waals surface area contributed by atoms with E-state index in [1.54, 1.807) is 0 Å². The molecule has 2 aliphatic rings. The Bertz CT molecular complexity index is 488. The zero-order chi connectivity index (χ0) is 14.7. The van der Waals surface area contributed by atoms with E-state index in [9.17, 15) is 0 Å². The van der Waals surface area contributed by atoms with Crippen molar-refractivity contribution in [3.63, 3.8) is 0 Å². The van der Waals surface area contributed by atoms with Crippen molar-refractivity contribution in [3.8, 4) is 0 Å². The minimum atomic E-state index is -0.338. The average molecular weight is 306 g/mol. The average Bonchev–Trinajstić information content (AvgIpc) is 2.97. The zero-order valence-electron chi connectivity index (χ0n) is 12.4. The van der Waals surface area contributed by atoms with Gasteiger partial charge in [-0.2, -0.15) is 0 Å². The standard InChI is InChI=1S/C16H22N2O2S/c1-2-13-3-5-14(6-4-13)17-15(21)18-9-7-16(8-10-18)19-11-12-20-16/h3-6H,2,7-12H2,1H3,(H,17,21). The predicted octanol–water partition coefficient (Wildman–Crippen LogP) is 2.78. The number of nitrogens with zero attached hydrogens (tertiary/aromatic N) is 1. The second kappa shape index (κ2) is 6.30. The molecule has 0 saturated carbocycles. The lowest BCUT2D eigenvalue weighted by Gasteiger charge is -2.38. The van der Waals surface area contributed by atoms with Gasteiger partial charge in [-0.15, -0.1) is 0 Å². The highest BCUT2D eigenvalue weighted by molar-refractivity contribution is 7.80. The summed E-state index contributed by atoms with van der Waals surface area (Å²) in [7, 11) is 0. The van der Waals surface area contributed by atoms with Crippen LogP contribution in [0.4, 0.5) is 5.69 Å². The smallest absolute Gasteiger partial charge is 0.173 e. The SMILES string of the molecule is CCc1ccc(NC(=S)N2CCC3(CC2)OCCO3)cc1. The number of aryl methyl sites for hydroxylation is 1. The Hall–Kier alpha value is -1.17. The normalized spacial score (nSPS) is 20.7. The van der Waals surface area contributed by atoms with Crippen molar-refractivity contribution in [2.45, 2.75) is 32.0 Å². The Morgan fingerprint density at radius 2 is 1.81 bits per heavy atom. The fourth-order valence-corrected chi connectivity index (χ4v) is 3.16.